The molecule has 0 fully saturated rings. The molecule has 2 unspecified atom stereocenters. The highest BCUT2D eigenvalue weighted by atomic mass is 15.1. The first-order chi connectivity index (χ1) is 8.67. The van der Waals surface area contributed by atoms with Gasteiger partial charge in [0.05, 0.1) is 12.1 Å². The summed E-state index contributed by atoms with van der Waals surface area (Å²) in [6, 6.07) is -0.0573. The lowest BCUT2D eigenvalue weighted by Gasteiger charge is -2.31. The number of nitrogens with one attached hydrogen (secondary N) is 4. The Balaban J connectivity index is 3.94. The topological polar surface area (TPSA) is 96.5 Å². The summed E-state index contributed by atoms with van der Waals surface area (Å²) in [6.45, 7) is 13.9. The third kappa shape index (κ3) is 6.20. The van der Waals surface area contributed by atoms with Gasteiger partial charge in [-0.2, -0.15) is 10.2 Å². The van der Waals surface area contributed by atoms with Crippen molar-refractivity contribution in [2.75, 3.05) is 13.1 Å². The first-order valence-corrected chi connectivity index (χ1v) is 6.90. The second-order valence-electron chi connectivity index (χ2n) is 6.26. The number of hydrogen-bond acceptors (Lipinski definition) is 6. The molecule has 0 aliphatic carbocycles. The molecule has 0 saturated heterocycles. The minimum absolute atomic E-state index is 0.0287. The summed E-state index contributed by atoms with van der Waals surface area (Å²) in [6.07, 6.45) is 0.988. The van der Waals surface area contributed by atoms with Gasteiger partial charge in [0.1, 0.15) is 0 Å². The average Bonchev–Trinajstić information content (AvgIpc) is 2.35. The average molecular weight is 270 g/mol. The van der Waals surface area contributed by atoms with Crippen molar-refractivity contribution >= 4 is 0 Å². The molecule has 6 heteroatoms. The molecule has 0 spiro atoms. The van der Waals surface area contributed by atoms with Crippen LogP contribution in [0.2, 0.25) is 0 Å². The molecule has 0 rings (SSSR count). The minimum Gasteiger partial charge on any atom is -0.310 e. The summed E-state index contributed by atoms with van der Waals surface area (Å²) in [5.41, 5.74) is 13.8. The molecule has 6 nitrogen and oxygen atoms in total. The van der Waals surface area contributed by atoms with Crippen molar-refractivity contribution in [1.82, 2.24) is 10.6 Å². The Morgan fingerprint density at radius 2 is 1.16 bits per heavy atom. The standard InChI is InChI=1S/C13H30N6/c1-10(18-14)12(3,4)16-8-7-9-17-13(5,6)11(2)19-15/h10-11,14-17H,7-9H2,1-6H3. The molecule has 2 atom stereocenters. The summed E-state index contributed by atoms with van der Waals surface area (Å²) in [4.78, 5) is 0. The van der Waals surface area contributed by atoms with Gasteiger partial charge >= 0.3 is 0 Å². The number of hydrogen-bond donors (Lipinski definition) is 4. The van der Waals surface area contributed by atoms with Crippen molar-refractivity contribution < 1.29 is 0 Å². The van der Waals surface area contributed by atoms with E-state index < -0.39 is 0 Å². The highest BCUT2D eigenvalue weighted by molar-refractivity contribution is 4.89. The van der Waals surface area contributed by atoms with Gasteiger partial charge in [-0.25, -0.2) is 11.1 Å². The lowest BCUT2D eigenvalue weighted by molar-refractivity contribution is 0.302. The van der Waals surface area contributed by atoms with Gasteiger partial charge in [-0.15, -0.1) is 0 Å². The third-order valence-corrected chi connectivity index (χ3v) is 3.99. The van der Waals surface area contributed by atoms with Crippen molar-refractivity contribution in [2.45, 2.75) is 71.1 Å². The van der Waals surface area contributed by atoms with Gasteiger partial charge < -0.3 is 10.6 Å². The van der Waals surface area contributed by atoms with Crippen molar-refractivity contribution in [2.24, 2.45) is 10.2 Å². The van der Waals surface area contributed by atoms with Gasteiger partial charge in [0, 0.05) is 11.1 Å². The Morgan fingerprint density at radius 3 is 1.42 bits per heavy atom. The fraction of sp³-hybridized carbons (Fsp3) is 1.00. The molecular weight excluding hydrogens is 240 g/mol. The maximum Gasteiger partial charge on any atom is 0.0853 e. The second-order valence-corrected chi connectivity index (χ2v) is 6.26. The Bertz CT molecular complexity index is 259. The van der Waals surface area contributed by atoms with Crippen LogP contribution in [-0.2, 0) is 0 Å². The maximum absolute atomic E-state index is 7.08. The molecular formula is C13H30N6. The van der Waals surface area contributed by atoms with Gasteiger partial charge in [-0.3, -0.25) is 0 Å². The minimum atomic E-state index is -0.152. The molecule has 0 bridgehead atoms. The van der Waals surface area contributed by atoms with E-state index >= 15 is 0 Å². The highest BCUT2D eigenvalue weighted by Crippen LogP contribution is 2.13. The Morgan fingerprint density at radius 1 is 0.842 bits per heavy atom. The third-order valence-electron chi connectivity index (χ3n) is 3.99. The fourth-order valence-corrected chi connectivity index (χ4v) is 1.53. The van der Waals surface area contributed by atoms with Crippen LogP contribution in [0.5, 0.6) is 0 Å². The highest BCUT2D eigenvalue weighted by Gasteiger charge is 2.26. The molecule has 0 aromatic heterocycles. The molecule has 0 aliphatic rings. The molecule has 0 heterocycles. The van der Waals surface area contributed by atoms with Crippen LogP contribution in [0.15, 0.2) is 10.2 Å². The van der Waals surface area contributed by atoms with Gasteiger partial charge in [0.2, 0.25) is 0 Å². The van der Waals surface area contributed by atoms with E-state index in [1.54, 1.807) is 0 Å². The summed E-state index contributed by atoms with van der Waals surface area (Å²) >= 11 is 0. The molecule has 112 valence electrons. The zero-order chi connectivity index (χ0) is 15.1. The van der Waals surface area contributed by atoms with E-state index in [1.807, 2.05) is 13.8 Å². The van der Waals surface area contributed by atoms with E-state index in [0.717, 1.165) is 19.5 Å². The fourth-order valence-electron chi connectivity index (χ4n) is 1.53. The lowest BCUT2D eigenvalue weighted by atomic mass is 9.96. The SMILES string of the molecule is CC(N=N)C(C)(C)NCCCNC(C)(C)C(C)N=N. The maximum atomic E-state index is 7.08. The predicted molar refractivity (Wildman–Crippen MR) is 78.0 cm³/mol. The van der Waals surface area contributed by atoms with Crippen LogP contribution >= 0.6 is 0 Å². The van der Waals surface area contributed by atoms with Gasteiger partial charge in [-0.1, -0.05) is 0 Å². The molecule has 0 radical (unpaired) electrons. The van der Waals surface area contributed by atoms with Crippen LogP contribution in [0.3, 0.4) is 0 Å². The van der Waals surface area contributed by atoms with E-state index in [1.165, 1.54) is 0 Å². The van der Waals surface area contributed by atoms with E-state index in [4.69, 9.17) is 11.1 Å². The largest absolute Gasteiger partial charge is 0.310 e. The predicted octanol–water partition coefficient (Wildman–Crippen LogP) is 2.95. The van der Waals surface area contributed by atoms with Crippen LogP contribution in [0, 0.1) is 11.1 Å². The van der Waals surface area contributed by atoms with E-state index in [0.29, 0.717) is 0 Å². The molecule has 4 N–H and O–H groups in total. The molecule has 0 aromatic rings. The van der Waals surface area contributed by atoms with Crippen LogP contribution < -0.4 is 10.6 Å². The van der Waals surface area contributed by atoms with E-state index in [2.05, 4.69) is 48.6 Å². The number of rotatable bonds is 10. The van der Waals surface area contributed by atoms with E-state index in [9.17, 15) is 0 Å². The summed E-state index contributed by atoms with van der Waals surface area (Å²) in [5, 5.41) is 14.0. The van der Waals surface area contributed by atoms with Crippen molar-refractivity contribution in [3.8, 4) is 0 Å². The quantitative estimate of drug-likeness (QED) is 0.363. The molecule has 0 amide bonds. The summed E-state index contributed by atoms with van der Waals surface area (Å²) < 4.78 is 0. The Kier molecular flexibility index (Phi) is 7.29. The monoisotopic (exact) mass is 270 g/mol. The number of nitrogens with zero attached hydrogens (tertiary/aromatic N) is 2. The van der Waals surface area contributed by atoms with E-state index in [-0.39, 0.29) is 23.2 Å². The molecule has 0 aliphatic heterocycles. The second kappa shape index (κ2) is 7.65. The Hall–Kier alpha value is -0.880. The zero-order valence-electron chi connectivity index (χ0n) is 13.2. The summed E-state index contributed by atoms with van der Waals surface area (Å²) in [7, 11) is 0. The summed E-state index contributed by atoms with van der Waals surface area (Å²) in [5.74, 6) is 0. The van der Waals surface area contributed by atoms with Crippen LogP contribution in [0.4, 0.5) is 0 Å². The van der Waals surface area contributed by atoms with Gasteiger partial charge in [0.15, 0.2) is 0 Å². The van der Waals surface area contributed by atoms with Gasteiger partial charge in [-0.05, 0) is 61.1 Å². The lowest BCUT2D eigenvalue weighted by Crippen LogP contribution is -2.50. The van der Waals surface area contributed by atoms with Crippen LogP contribution in [0.1, 0.15) is 48.0 Å². The molecule has 19 heavy (non-hydrogen) atoms. The first kappa shape index (κ1) is 18.1. The first-order valence-electron chi connectivity index (χ1n) is 6.90. The van der Waals surface area contributed by atoms with Crippen molar-refractivity contribution in [3.05, 3.63) is 0 Å². The van der Waals surface area contributed by atoms with Gasteiger partial charge in [0.25, 0.3) is 0 Å². The van der Waals surface area contributed by atoms with Crippen molar-refractivity contribution in [1.29, 1.82) is 11.1 Å². The van der Waals surface area contributed by atoms with Crippen LogP contribution in [0.25, 0.3) is 0 Å². The zero-order valence-corrected chi connectivity index (χ0v) is 13.2. The smallest absolute Gasteiger partial charge is 0.0853 e. The van der Waals surface area contributed by atoms with Crippen molar-refractivity contribution in [3.63, 3.8) is 0 Å². The van der Waals surface area contributed by atoms with Crippen LogP contribution in [-0.4, -0.2) is 36.3 Å². The normalized spacial score (nSPS) is 15.9. The molecule has 0 saturated carbocycles. The molecule has 0 aromatic carbocycles. The Labute approximate surface area is 117 Å².